The smallest absolute Gasteiger partial charge is 0.233 e. The van der Waals surface area contributed by atoms with Crippen LogP contribution in [0.4, 0.5) is 0 Å². The summed E-state index contributed by atoms with van der Waals surface area (Å²) in [7, 11) is 1.91. The van der Waals surface area contributed by atoms with Crippen LogP contribution in [0.15, 0.2) is 36.7 Å². The van der Waals surface area contributed by atoms with Crippen molar-refractivity contribution in [2.24, 2.45) is 18.9 Å². The molecule has 30 heavy (non-hydrogen) atoms. The lowest BCUT2D eigenvalue weighted by Gasteiger charge is -2.19. The maximum atomic E-state index is 6.19. The number of hydrogen-bond donors (Lipinski definition) is 0. The molecule has 2 aliphatic rings. The molecule has 1 aliphatic heterocycles. The fourth-order valence-electron chi connectivity index (χ4n) is 5.01. The Labute approximate surface area is 177 Å². The summed E-state index contributed by atoms with van der Waals surface area (Å²) < 4.78 is 7.98. The van der Waals surface area contributed by atoms with E-state index in [1.54, 1.807) is 4.68 Å². The Hall–Kier alpha value is -2.80. The largest absolute Gasteiger partial charge is 0.473 e. The number of nitrogens with zero attached hydrogens (tertiary/aromatic N) is 6. The quantitative estimate of drug-likeness (QED) is 0.651. The molecule has 4 heterocycles. The normalized spacial score (nSPS) is 23.6. The van der Waals surface area contributed by atoms with Gasteiger partial charge < -0.3 is 4.74 Å². The summed E-state index contributed by atoms with van der Waals surface area (Å²) >= 11 is 0. The van der Waals surface area contributed by atoms with Crippen molar-refractivity contribution in [3.05, 3.63) is 53.6 Å². The monoisotopic (exact) mass is 404 g/mol. The Morgan fingerprint density at radius 2 is 1.87 bits per heavy atom. The highest BCUT2D eigenvalue weighted by Crippen LogP contribution is 2.40. The van der Waals surface area contributed by atoms with E-state index in [4.69, 9.17) is 4.74 Å². The van der Waals surface area contributed by atoms with E-state index in [0.717, 1.165) is 49.4 Å². The fourth-order valence-corrected chi connectivity index (χ4v) is 5.01. The standard InChI is InChI=1S/C23H28N6O/c1-15-5-4-8-24-22(15)14-29-11-17-9-19(10-18(17)12-29)30-23-7-6-21(25-26-23)20-13-28(3)27-16(20)2/h4-8,13,17-19H,9-12,14H2,1-3H3. The van der Waals surface area contributed by atoms with Gasteiger partial charge in [0, 0.05) is 50.7 Å². The summed E-state index contributed by atoms with van der Waals surface area (Å²) in [5, 5.41) is 13.0. The van der Waals surface area contributed by atoms with Crippen LogP contribution in [-0.2, 0) is 13.6 Å². The molecule has 2 atom stereocenters. The number of rotatable bonds is 5. The van der Waals surface area contributed by atoms with Crippen molar-refractivity contribution in [2.45, 2.75) is 39.3 Å². The molecule has 0 bridgehead atoms. The molecule has 1 aliphatic carbocycles. The van der Waals surface area contributed by atoms with Crippen molar-refractivity contribution in [2.75, 3.05) is 13.1 Å². The number of aromatic nitrogens is 5. The molecule has 1 saturated carbocycles. The number of ether oxygens (including phenoxy) is 1. The van der Waals surface area contributed by atoms with Crippen LogP contribution in [0, 0.1) is 25.7 Å². The van der Waals surface area contributed by atoms with Gasteiger partial charge in [-0.2, -0.15) is 5.10 Å². The first-order valence-electron chi connectivity index (χ1n) is 10.7. The highest BCUT2D eigenvalue weighted by molar-refractivity contribution is 5.60. The molecular formula is C23H28N6O. The Morgan fingerprint density at radius 3 is 2.50 bits per heavy atom. The maximum Gasteiger partial charge on any atom is 0.233 e. The van der Waals surface area contributed by atoms with Gasteiger partial charge in [0.25, 0.3) is 0 Å². The highest BCUT2D eigenvalue weighted by atomic mass is 16.5. The molecule has 3 aromatic heterocycles. The van der Waals surface area contributed by atoms with Crippen LogP contribution in [0.3, 0.4) is 0 Å². The van der Waals surface area contributed by atoms with Crippen molar-refractivity contribution < 1.29 is 4.74 Å². The molecule has 0 radical (unpaired) electrons. The number of aryl methyl sites for hydroxylation is 3. The molecule has 0 aromatic carbocycles. The van der Waals surface area contributed by atoms with Crippen LogP contribution < -0.4 is 4.74 Å². The van der Waals surface area contributed by atoms with Crippen LogP contribution in [0.1, 0.15) is 29.8 Å². The Morgan fingerprint density at radius 1 is 1.07 bits per heavy atom. The summed E-state index contributed by atoms with van der Waals surface area (Å²) in [4.78, 5) is 7.10. The topological polar surface area (TPSA) is 69.0 Å². The van der Waals surface area contributed by atoms with E-state index >= 15 is 0 Å². The van der Waals surface area contributed by atoms with Crippen molar-refractivity contribution in [1.29, 1.82) is 0 Å². The zero-order chi connectivity index (χ0) is 20.7. The summed E-state index contributed by atoms with van der Waals surface area (Å²) in [5.41, 5.74) is 5.27. The molecule has 7 heteroatoms. The van der Waals surface area contributed by atoms with Crippen molar-refractivity contribution in [3.8, 4) is 17.1 Å². The van der Waals surface area contributed by atoms with Crippen molar-refractivity contribution in [3.63, 3.8) is 0 Å². The van der Waals surface area contributed by atoms with E-state index in [9.17, 15) is 0 Å². The Bertz CT molecular complexity index is 1020. The number of hydrogen-bond acceptors (Lipinski definition) is 6. The Balaban J connectivity index is 1.16. The van der Waals surface area contributed by atoms with Crippen molar-refractivity contribution >= 4 is 0 Å². The molecule has 7 nitrogen and oxygen atoms in total. The number of pyridine rings is 1. The molecular weight excluding hydrogens is 376 g/mol. The summed E-state index contributed by atoms with van der Waals surface area (Å²) in [6.45, 7) is 7.34. The van der Waals surface area contributed by atoms with Gasteiger partial charge in [0.05, 0.1) is 17.1 Å². The lowest BCUT2D eigenvalue weighted by molar-refractivity contribution is 0.176. The zero-order valence-corrected chi connectivity index (χ0v) is 17.8. The van der Waals surface area contributed by atoms with Gasteiger partial charge in [-0.1, -0.05) is 6.07 Å². The predicted molar refractivity (Wildman–Crippen MR) is 114 cm³/mol. The third-order valence-corrected chi connectivity index (χ3v) is 6.49. The molecule has 2 unspecified atom stereocenters. The van der Waals surface area contributed by atoms with E-state index in [-0.39, 0.29) is 6.10 Å². The third kappa shape index (κ3) is 3.81. The van der Waals surface area contributed by atoms with Gasteiger partial charge in [-0.05, 0) is 56.2 Å². The second kappa shape index (κ2) is 7.80. The second-order valence-corrected chi connectivity index (χ2v) is 8.75. The molecule has 0 N–H and O–H groups in total. The van der Waals surface area contributed by atoms with Crippen LogP contribution in [0.5, 0.6) is 5.88 Å². The number of likely N-dealkylation sites (tertiary alicyclic amines) is 1. The lowest BCUT2D eigenvalue weighted by Crippen LogP contribution is -2.25. The van der Waals surface area contributed by atoms with Gasteiger partial charge in [-0.15, -0.1) is 10.2 Å². The van der Waals surface area contributed by atoms with Gasteiger partial charge in [-0.25, -0.2) is 0 Å². The van der Waals surface area contributed by atoms with E-state index in [0.29, 0.717) is 17.7 Å². The summed E-state index contributed by atoms with van der Waals surface area (Å²) in [5.74, 6) is 2.01. The van der Waals surface area contributed by atoms with E-state index in [2.05, 4.69) is 38.2 Å². The molecule has 2 fully saturated rings. The van der Waals surface area contributed by atoms with E-state index < -0.39 is 0 Å². The summed E-state index contributed by atoms with van der Waals surface area (Å²) in [6.07, 6.45) is 6.28. The minimum absolute atomic E-state index is 0.235. The van der Waals surface area contributed by atoms with Crippen LogP contribution in [0.25, 0.3) is 11.3 Å². The Kier molecular flexibility index (Phi) is 4.98. The first-order chi connectivity index (χ1) is 14.5. The molecule has 5 rings (SSSR count). The first-order valence-corrected chi connectivity index (χ1v) is 10.7. The van der Waals surface area contributed by atoms with Gasteiger partial charge >= 0.3 is 0 Å². The molecule has 0 amide bonds. The van der Waals surface area contributed by atoms with Gasteiger partial charge in [0.1, 0.15) is 6.10 Å². The second-order valence-electron chi connectivity index (χ2n) is 8.75. The summed E-state index contributed by atoms with van der Waals surface area (Å²) in [6, 6.07) is 8.05. The SMILES string of the molecule is Cc1cccnc1CN1CC2CC(Oc3ccc(-c4cn(C)nc4C)nn3)CC2C1. The third-order valence-electron chi connectivity index (χ3n) is 6.49. The zero-order valence-electron chi connectivity index (χ0n) is 17.8. The van der Waals surface area contributed by atoms with Crippen molar-refractivity contribution in [1.82, 2.24) is 29.9 Å². The van der Waals surface area contributed by atoms with E-state index in [1.807, 2.05) is 44.6 Å². The molecule has 156 valence electrons. The van der Waals surface area contributed by atoms with Crippen LogP contribution in [0.2, 0.25) is 0 Å². The molecule has 1 saturated heterocycles. The van der Waals surface area contributed by atoms with Gasteiger partial charge in [0.15, 0.2) is 0 Å². The van der Waals surface area contributed by atoms with Crippen LogP contribution in [-0.4, -0.2) is 49.1 Å². The molecule has 0 spiro atoms. The number of fused-ring (bicyclic) bond motifs is 1. The average Bonchev–Trinajstić information content (AvgIpc) is 3.37. The van der Waals surface area contributed by atoms with Gasteiger partial charge in [-0.3, -0.25) is 14.6 Å². The predicted octanol–water partition coefficient (Wildman–Crippen LogP) is 3.18. The van der Waals surface area contributed by atoms with Crippen LogP contribution >= 0.6 is 0 Å². The first kappa shape index (κ1) is 19.2. The maximum absolute atomic E-state index is 6.19. The van der Waals surface area contributed by atoms with Gasteiger partial charge in [0.2, 0.25) is 5.88 Å². The lowest BCUT2D eigenvalue weighted by atomic mass is 10.0. The minimum atomic E-state index is 0.235. The highest BCUT2D eigenvalue weighted by Gasteiger charge is 2.42. The minimum Gasteiger partial charge on any atom is -0.473 e. The van der Waals surface area contributed by atoms with E-state index in [1.165, 1.54) is 11.3 Å². The average molecular weight is 405 g/mol. The fraction of sp³-hybridized carbons (Fsp3) is 0.478. The molecule has 3 aromatic rings.